The molecule has 6 heteroatoms. The van der Waals surface area contributed by atoms with Crippen LogP contribution in [0.25, 0.3) is 0 Å². The number of aliphatic carboxylic acids is 1. The van der Waals surface area contributed by atoms with Crippen molar-refractivity contribution >= 4 is 11.9 Å². The topological polar surface area (TPSA) is 84.2 Å². The summed E-state index contributed by atoms with van der Waals surface area (Å²) in [6, 6.07) is 8.28. The van der Waals surface area contributed by atoms with E-state index in [4.69, 9.17) is 0 Å². The summed E-state index contributed by atoms with van der Waals surface area (Å²) >= 11 is 0. The monoisotopic (exact) mass is 287 g/mol. The van der Waals surface area contributed by atoms with Crippen molar-refractivity contribution in [3.63, 3.8) is 0 Å². The summed E-state index contributed by atoms with van der Waals surface area (Å²) in [5, 5.41) is 15.7. The number of hydrogen-bond acceptors (Lipinski definition) is 3. The molecule has 1 heterocycles. The van der Waals surface area contributed by atoms with E-state index >= 15 is 0 Å². The Morgan fingerprint density at radius 2 is 2.00 bits per heavy atom. The largest absolute Gasteiger partial charge is 0.480 e. The van der Waals surface area contributed by atoms with E-state index in [1.54, 1.807) is 24.1 Å². The number of aryl methyl sites for hydroxylation is 1. The quantitative estimate of drug-likeness (QED) is 0.822. The van der Waals surface area contributed by atoms with Gasteiger partial charge in [-0.1, -0.05) is 30.3 Å². The first-order valence-corrected chi connectivity index (χ1v) is 6.58. The zero-order chi connectivity index (χ0) is 15.2. The van der Waals surface area contributed by atoms with Gasteiger partial charge < -0.3 is 10.4 Å². The van der Waals surface area contributed by atoms with Gasteiger partial charge in [-0.3, -0.25) is 9.48 Å². The first-order valence-electron chi connectivity index (χ1n) is 6.58. The van der Waals surface area contributed by atoms with Crippen LogP contribution >= 0.6 is 0 Å². The number of amides is 1. The fraction of sp³-hybridized carbons (Fsp3) is 0.267. The second-order valence-corrected chi connectivity index (χ2v) is 4.85. The van der Waals surface area contributed by atoms with E-state index in [1.165, 1.54) is 0 Å². The first kappa shape index (κ1) is 14.8. The molecule has 0 radical (unpaired) electrons. The SMILES string of the molecule is Cn1cc(CC(=O)N[C@H](Cc2ccccc2)C(=O)O)cn1. The smallest absolute Gasteiger partial charge is 0.326 e. The van der Waals surface area contributed by atoms with E-state index in [0.717, 1.165) is 11.1 Å². The normalized spacial score (nSPS) is 11.9. The molecule has 1 aromatic heterocycles. The summed E-state index contributed by atoms with van der Waals surface area (Å²) in [5.74, 6) is -1.37. The number of carboxylic acids is 1. The highest BCUT2D eigenvalue weighted by atomic mass is 16.4. The summed E-state index contributed by atoms with van der Waals surface area (Å²) in [4.78, 5) is 23.2. The predicted molar refractivity (Wildman–Crippen MR) is 76.6 cm³/mol. The summed E-state index contributed by atoms with van der Waals surface area (Å²) in [6.45, 7) is 0. The number of nitrogens with zero attached hydrogens (tertiary/aromatic N) is 2. The zero-order valence-electron chi connectivity index (χ0n) is 11.7. The van der Waals surface area contributed by atoms with Gasteiger partial charge in [0.2, 0.25) is 5.91 Å². The van der Waals surface area contributed by atoms with E-state index in [-0.39, 0.29) is 18.7 Å². The Hall–Kier alpha value is -2.63. The van der Waals surface area contributed by atoms with Crippen LogP contribution in [0.5, 0.6) is 0 Å². The van der Waals surface area contributed by atoms with Crippen molar-refractivity contribution in [2.45, 2.75) is 18.9 Å². The van der Waals surface area contributed by atoms with Crippen LogP contribution in [0, 0.1) is 0 Å². The van der Waals surface area contributed by atoms with Crippen LogP contribution in [0.1, 0.15) is 11.1 Å². The fourth-order valence-electron chi connectivity index (χ4n) is 2.04. The van der Waals surface area contributed by atoms with Crippen LogP contribution in [0.4, 0.5) is 0 Å². The maximum atomic E-state index is 11.9. The Morgan fingerprint density at radius 1 is 1.29 bits per heavy atom. The van der Waals surface area contributed by atoms with Crippen molar-refractivity contribution in [3.8, 4) is 0 Å². The Balaban J connectivity index is 1.96. The van der Waals surface area contributed by atoms with Gasteiger partial charge in [-0.2, -0.15) is 5.10 Å². The molecular formula is C15H17N3O3. The van der Waals surface area contributed by atoms with Crippen molar-refractivity contribution in [1.29, 1.82) is 0 Å². The number of hydrogen-bond donors (Lipinski definition) is 2. The van der Waals surface area contributed by atoms with E-state index in [1.807, 2.05) is 30.3 Å². The van der Waals surface area contributed by atoms with Gasteiger partial charge in [0.05, 0.1) is 12.6 Å². The second-order valence-electron chi connectivity index (χ2n) is 4.85. The van der Waals surface area contributed by atoms with Gasteiger partial charge in [0.15, 0.2) is 0 Å². The second kappa shape index (κ2) is 6.69. The molecule has 0 aliphatic rings. The average molecular weight is 287 g/mol. The van der Waals surface area contributed by atoms with E-state index in [9.17, 15) is 14.7 Å². The molecule has 0 aliphatic heterocycles. The summed E-state index contributed by atoms with van der Waals surface area (Å²) in [7, 11) is 1.76. The molecule has 1 amide bonds. The molecule has 21 heavy (non-hydrogen) atoms. The minimum Gasteiger partial charge on any atom is -0.480 e. The predicted octanol–water partition coefficient (Wildman–Crippen LogP) is 0.775. The third-order valence-corrected chi connectivity index (χ3v) is 3.04. The van der Waals surface area contributed by atoms with Gasteiger partial charge in [0, 0.05) is 19.7 Å². The van der Waals surface area contributed by atoms with Crippen molar-refractivity contribution in [2.24, 2.45) is 7.05 Å². The number of rotatable bonds is 6. The Morgan fingerprint density at radius 3 is 2.57 bits per heavy atom. The van der Waals surface area contributed by atoms with E-state index in [2.05, 4.69) is 10.4 Å². The van der Waals surface area contributed by atoms with E-state index in [0.29, 0.717) is 0 Å². The van der Waals surface area contributed by atoms with Crippen molar-refractivity contribution in [1.82, 2.24) is 15.1 Å². The highest BCUT2D eigenvalue weighted by Crippen LogP contribution is 2.04. The van der Waals surface area contributed by atoms with Crippen LogP contribution in [-0.2, 0) is 29.5 Å². The molecule has 0 unspecified atom stereocenters. The first-order chi connectivity index (χ1) is 10.0. The zero-order valence-corrected chi connectivity index (χ0v) is 11.7. The molecule has 110 valence electrons. The van der Waals surface area contributed by atoms with Crippen LogP contribution < -0.4 is 5.32 Å². The average Bonchev–Trinajstić information content (AvgIpc) is 2.84. The standard InChI is InChI=1S/C15H17N3O3/c1-18-10-12(9-16-18)8-14(19)17-13(15(20)21)7-11-5-3-2-4-6-11/h2-6,9-10,13H,7-8H2,1H3,(H,17,19)(H,20,21)/t13-/m1/s1. The number of carboxylic acid groups (broad SMARTS) is 1. The van der Waals surface area contributed by atoms with Gasteiger partial charge in [-0.15, -0.1) is 0 Å². The van der Waals surface area contributed by atoms with E-state index < -0.39 is 12.0 Å². The lowest BCUT2D eigenvalue weighted by Gasteiger charge is -2.14. The van der Waals surface area contributed by atoms with Crippen molar-refractivity contribution < 1.29 is 14.7 Å². The molecule has 0 saturated carbocycles. The molecule has 2 N–H and O–H groups in total. The number of carbonyl (C=O) groups excluding carboxylic acids is 1. The number of benzene rings is 1. The Kier molecular flexibility index (Phi) is 4.71. The van der Waals surface area contributed by atoms with Gasteiger partial charge >= 0.3 is 5.97 Å². The Labute approximate surface area is 122 Å². The van der Waals surface area contributed by atoms with Crippen LogP contribution in [0.2, 0.25) is 0 Å². The molecule has 0 bridgehead atoms. The van der Waals surface area contributed by atoms with Gasteiger partial charge in [0.1, 0.15) is 6.04 Å². The molecule has 2 aromatic rings. The minimum absolute atomic E-state index is 0.117. The lowest BCUT2D eigenvalue weighted by Crippen LogP contribution is -2.43. The van der Waals surface area contributed by atoms with Crippen LogP contribution in [0.3, 0.4) is 0 Å². The summed E-state index contributed by atoms with van der Waals surface area (Å²) in [5.41, 5.74) is 1.62. The molecular weight excluding hydrogens is 270 g/mol. The third-order valence-electron chi connectivity index (χ3n) is 3.04. The van der Waals surface area contributed by atoms with Crippen molar-refractivity contribution in [2.75, 3.05) is 0 Å². The molecule has 0 saturated heterocycles. The van der Waals surface area contributed by atoms with Crippen LogP contribution in [-0.4, -0.2) is 32.8 Å². The molecule has 6 nitrogen and oxygen atoms in total. The van der Waals surface area contributed by atoms with Crippen molar-refractivity contribution in [3.05, 3.63) is 53.9 Å². The number of carbonyl (C=O) groups is 2. The third kappa shape index (κ3) is 4.45. The summed E-state index contributed by atoms with van der Waals surface area (Å²) < 4.78 is 1.60. The lowest BCUT2D eigenvalue weighted by molar-refractivity contribution is -0.141. The van der Waals surface area contributed by atoms with Gasteiger partial charge in [0.25, 0.3) is 0 Å². The maximum absolute atomic E-state index is 11.9. The highest BCUT2D eigenvalue weighted by Gasteiger charge is 2.20. The van der Waals surface area contributed by atoms with Crippen LogP contribution in [0.15, 0.2) is 42.7 Å². The molecule has 0 spiro atoms. The number of aromatic nitrogens is 2. The molecule has 1 atom stereocenters. The Bertz CT molecular complexity index is 622. The maximum Gasteiger partial charge on any atom is 0.326 e. The van der Waals surface area contributed by atoms with Gasteiger partial charge in [-0.25, -0.2) is 4.79 Å². The molecule has 0 aliphatic carbocycles. The minimum atomic E-state index is -1.04. The summed E-state index contributed by atoms with van der Waals surface area (Å²) in [6.07, 6.45) is 3.69. The molecule has 0 fully saturated rings. The highest BCUT2D eigenvalue weighted by molar-refractivity contribution is 5.85. The molecule has 1 aromatic carbocycles. The number of nitrogens with one attached hydrogen (secondary N) is 1. The lowest BCUT2D eigenvalue weighted by atomic mass is 10.1. The fourth-order valence-corrected chi connectivity index (χ4v) is 2.04. The molecule has 2 rings (SSSR count). The van der Waals surface area contributed by atoms with Gasteiger partial charge in [-0.05, 0) is 11.1 Å².